The Hall–Kier alpha value is -2.53. The van der Waals surface area contributed by atoms with Gasteiger partial charge >= 0.3 is 0 Å². The molecule has 0 spiro atoms. The third kappa shape index (κ3) is 5.35. The van der Waals surface area contributed by atoms with Crippen LogP contribution in [0.25, 0.3) is 21.7 Å². The minimum absolute atomic E-state index is 0.613. The lowest BCUT2D eigenvalue weighted by atomic mass is 10.3. The average Bonchev–Trinajstić information content (AvgIpc) is 3.53. The van der Waals surface area contributed by atoms with Gasteiger partial charge in [-0.15, -0.1) is 11.3 Å². The maximum atomic E-state index is 5.56. The van der Waals surface area contributed by atoms with E-state index in [-0.39, 0.29) is 0 Å². The van der Waals surface area contributed by atoms with E-state index < -0.39 is 0 Å². The van der Waals surface area contributed by atoms with Gasteiger partial charge in [-0.05, 0) is 19.2 Å². The highest BCUT2D eigenvalue weighted by molar-refractivity contribution is 7.19. The molecule has 1 N–H and O–H groups in total. The van der Waals surface area contributed by atoms with Crippen molar-refractivity contribution in [3.8, 4) is 11.5 Å². The van der Waals surface area contributed by atoms with Gasteiger partial charge in [0, 0.05) is 63.8 Å². The second-order valence-electron chi connectivity index (χ2n) is 8.34. The number of hydrogen-bond acceptors (Lipinski definition) is 10. The number of aromatic nitrogens is 3. The predicted molar refractivity (Wildman–Crippen MR) is 130 cm³/mol. The van der Waals surface area contributed by atoms with Gasteiger partial charge in [0.05, 0.1) is 23.4 Å². The summed E-state index contributed by atoms with van der Waals surface area (Å²) < 4.78 is 11.9. The summed E-state index contributed by atoms with van der Waals surface area (Å²) in [6.45, 7) is 12.6. The zero-order valence-electron chi connectivity index (χ0n) is 19.1. The van der Waals surface area contributed by atoms with Crippen LogP contribution in [0.4, 0.5) is 5.82 Å². The monoisotopic (exact) mass is 469 g/mol. The lowest BCUT2D eigenvalue weighted by molar-refractivity contribution is 0.122. The molecule has 9 nitrogen and oxygen atoms in total. The summed E-state index contributed by atoms with van der Waals surface area (Å²) in [6.07, 6.45) is 7.07. The number of hydrogen-bond donors (Lipinski definition) is 1. The van der Waals surface area contributed by atoms with E-state index in [4.69, 9.17) is 19.1 Å². The fraction of sp³-hybridized carbons (Fsp3) is 0.522. The van der Waals surface area contributed by atoms with Gasteiger partial charge in [-0.3, -0.25) is 9.80 Å². The third-order valence-corrected chi connectivity index (χ3v) is 7.18. The SMILES string of the molecule is CC=CNCCN1CCN(Cc2cc3nc(-c4cocn4)nc(N4CCOCC4)c3s2)CC1. The van der Waals surface area contributed by atoms with Crippen molar-refractivity contribution in [2.75, 3.05) is 70.5 Å². The average molecular weight is 470 g/mol. The number of morpholine rings is 1. The first-order valence-electron chi connectivity index (χ1n) is 11.6. The molecule has 5 rings (SSSR count). The molecule has 0 atom stereocenters. The first-order valence-corrected chi connectivity index (χ1v) is 12.4. The van der Waals surface area contributed by atoms with Crippen molar-refractivity contribution in [3.05, 3.63) is 35.9 Å². The molecule has 2 fully saturated rings. The van der Waals surface area contributed by atoms with Gasteiger partial charge in [-0.2, -0.15) is 0 Å². The molecule has 0 aromatic carbocycles. The molecule has 0 bridgehead atoms. The molecule has 2 aliphatic rings. The number of rotatable bonds is 8. The molecule has 0 unspecified atom stereocenters. The minimum atomic E-state index is 0.613. The lowest BCUT2D eigenvalue weighted by Crippen LogP contribution is -2.47. The Morgan fingerprint density at radius 2 is 1.91 bits per heavy atom. The van der Waals surface area contributed by atoms with Crippen molar-refractivity contribution >= 4 is 27.4 Å². The summed E-state index contributed by atoms with van der Waals surface area (Å²) in [5.74, 6) is 1.60. The number of allylic oxidation sites excluding steroid dienone is 1. The first kappa shape index (κ1) is 22.3. The molecule has 2 aliphatic heterocycles. The van der Waals surface area contributed by atoms with Gasteiger partial charge < -0.3 is 19.4 Å². The molecule has 5 heterocycles. The highest BCUT2D eigenvalue weighted by atomic mass is 32.1. The number of fused-ring (bicyclic) bond motifs is 1. The molecule has 0 amide bonds. The molecule has 10 heteroatoms. The Balaban J connectivity index is 1.30. The van der Waals surface area contributed by atoms with Crippen LogP contribution in [-0.4, -0.2) is 90.3 Å². The van der Waals surface area contributed by atoms with Crippen molar-refractivity contribution in [2.45, 2.75) is 13.5 Å². The van der Waals surface area contributed by atoms with Crippen LogP contribution in [-0.2, 0) is 11.3 Å². The highest BCUT2D eigenvalue weighted by Gasteiger charge is 2.22. The van der Waals surface area contributed by atoms with Crippen LogP contribution in [0.1, 0.15) is 11.8 Å². The van der Waals surface area contributed by atoms with E-state index in [2.05, 4.69) is 31.1 Å². The maximum Gasteiger partial charge on any atom is 0.184 e. The summed E-state index contributed by atoms with van der Waals surface area (Å²) in [5, 5.41) is 3.33. The van der Waals surface area contributed by atoms with Gasteiger partial charge in [0.2, 0.25) is 0 Å². The number of thiophene rings is 1. The van der Waals surface area contributed by atoms with Gasteiger partial charge in [0.25, 0.3) is 0 Å². The van der Waals surface area contributed by atoms with E-state index in [0.717, 1.165) is 88.2 Å². The van der Waals surface area contributed by atoms with Crippen molar-refractivity contribution in [1.29, 1.82) is 0 Å². The Bertz CT molecular complexity index is 1050. The normalized spacial score (nSPS) is 18.5. The van der Waals surface area contributed by atoms with Crippen molar-refractivity contribution in [2.24, 2.45) is 0 Å². The Labute approximate surface area is 198 Å². The van der Waals surface area contributed by atoms with Gasteiger partial charge in [-0.25, -0.2) is 15.0 Å². The van der Waals surface area contributed by atoms with Crippen LogP contribution in [0, 0.1) is 0 Å². The quantitative estimate of drug-likeness (QED) is 0.500. The zero-order valence-corrected chi connectivity index (χ0v) is 19.9. The predicted octanol–water partition coefficient (Wildman–Crippen LogP) is 2.42. The topological polar surface area (TPSA) is 82.8 Å². The summed E-state index contributed by atoms with van der Waals surface area (Å²) in [6, 6.07) is 2.22. The number of ether oxygens (including phenoxy) is 1. The number of oxazole rings is 1. The van der Waals surface area contributed by atoms with Crippen LogP contribution in [0.2, 0.25) is 0 Å². The molecular weight excluding hydrogens is 438 g/mol. The second-order valence-corrected chi connectivity index (χ2v) is 9.48. The number of nitrogens with one attached hydrogen (secondary N) is 1. The number of anilines is 1. The van der Waals surface area contributed by atoms with Crippen molar-refractivity contribution in [3.63, 3.8) is 0 Å². The van der Waals surface area contributed by atoms with Gasteiger partial charge in [-0.1, -0.05) is 6.08 Å². The van der Waals surface area contributed by atoms with Crippen molar-refractivity contribution < 1.29 is 9.15 Å². The standard InChI is InChI=1S/C23H31N7O2S/c1-2-3-24-4-5-28-6-8-29(9-7-28)15-18-14-19-21(33-18)23(30-10-12-31-13-11-30)27-22(26-19)20-16-32-17-25-20/h2-3,14,16-17,24H,4-13,15H2,1H3. The third-order valence-electron chi connectivity index (χ3n) is 6.08. The maximum absolute atomic E-state index is 5.56. The summed E-state index contributed by atoms with van der Waals surface area (Å²) in [4.78, 5) is 22.7. The van der Waals surface area contributed by atoms with E-state index in [1.54, 1.807) is 6.26 Å². The van der Waals surface area contributed by atoms with E-state index in [1.165, 1.54) is 11.3 Å². The molecule has 3 aromatic heterocycles. The lowest BCUT2D eigenvalue weighted by Gasteiger charge is -2.34. The zero-order chi connectivity index (χ0) is 22.5. The summed E-state index contributed by atoms with van der Waals surface area (Å²) in [5.41, 5.74) is 1.65. The number of nitrogens with zero attached hydrogens (tertiary/aromatic N) is 6. The summed E-state index contributed by atoms with van der Waals surface area (Å²) in [7, 11) is 0. The van der Waals surface area contributed by atoms with Crippen LogP contribution in [0.3, 0.4) is 0 Å². The Morgan fingerprint density at radius 1 is 1.09 bits per heavy atom. The van der Waals surface area contributed by atoms with Crippen molar-refractivity contribution in [1.82, 2.24) is 30.1 Å². The van der Waals surface area contributed by atoms with Crippen LogP contribution < -0.4 is 10.2 Å². The van der Waals surface area contributed by atoms with E-state index in [9.17, 15) is 0 Å². The fourth-order valence-corrected chi connectivity index (χ4v) is 5.44. The molecule has 0 aliphatic carbocycles. The molecule has 2 saturated heterocycles. The molecule has 176 valence electrons. The fourth-order valence-electron chi connectivity index (χ4n) is 4.28. The van der Waals surface area contributed by atoms with E-state index >= 15 is 0 Å². The molecule has 3 aromatic rings. The van der Waals surface area contributed by atoms with Crippen LogP contribution >= 0.6 is 11.3 Å². The molecule has 0 radical (unpaired) electrons. The molecular formula is C23H31N7O2S. The smallest absolute Gasteiger partial charge is 0.184 e. The minimum Gasteiger partial charge on any atom is -0.451 e. The number of piperazine rings is 1. The molecule has 33 heavy (non-hydrogen) atoms. The van der Waals surface area contributed by atoms with Crippen LogP contribution in [0.5, 0.6) is 0 Å². The summed E-state index contributed by atoms with van der Waals surface area (Å²) >= 11 is 1.81. The highest BCUT2D eigenvalue weighted by Crippen LogP contribution is 2.34. The van der Waals surface area contributed by atoms with Gasteiger partial charge in [0.15, 0.2) is 18.0 Å². The van der Waals surface area contributed by atoms with Gasteiger partial charge in [0.1, 0.15) is 12.0 Å². The largest absolute Gasteiger partial charge is 0.451 e. The Morgan fingerprint density at radius 3 is 2.67 bits per heavy atom. The van der Waals surface area contributed by atoms with Crippen LogP contribution in [0.15, 0.2) is 35.4 Å². The Kier molecular flexibility index (Phi) is 7.15. The van der Waals surface area contributed by atoms with E-state index in [0.29, 0.717) is 11.5 Å². The molecule has 0 saturated carbocycles. The van der Waals surface area contributed by atoms with E-state index in [1.807, 2.05) is 30.5 Å². The second kappa shape index (κ2) is 10.6. The first-order chi connectivity index (χ1) is 16.3.